The van der Waals surface area contributed by atoms with Gasteiger partial charge in [-0.3, -0.25) is 9.89 Å². The molecule has 1 aliphatic heterocycles. The first-order valence-electron chi connectivity index (χ1n) is 7.41. The van der Waals surface area contributed by atoms with Crippen LogP contribution in [0.2, 0.25) is 0 Å². The second-order valence-electron chi connectivity index (χ2n) is 5.81. The second-order valence-corrected chi connectivity index (χ2v) is 6.59. The van der Waals surface area contributed by atoms with Crippen molar-refractivity contribution in [1.82, 2.24) is 20.0 Å². The van der Waals surface area contributed by atoms with Gasteiger partial charge >= 0.3 is 0 Å². The molecule has 1 aromatic heterocycles. The molecule has 0 radical (unpaired) electrons. The van der Waals surface area contributed by atoms with Crippen LogP contribution in [0.5, 0.6) is 0 Å². The summed E-state index contributed by atoms with van der Waals surface area (Å²) in [6, 6.07) is 2.70. The standard InChI is InChI=1S/C15H27N5S/c1-16-15(20(4)10-13-5-8-21-12-13)17-9-14-11-18(2)6-7-19(14)3/h5,8,12,14H,6-7,9-11H2,1-4H3,(H,16,17). The molecule has 5 nitrogen and oxygen atoms in total. The van der Waals surface area contributed by atoms with E-state index in [1.807, 2.05) is 7.05 Å². The Morgan fingerprint density at radius 2 is 2.29 bits per heavy atom. The number of piperazine rings is 1. The molecular weight excluding hydrogens is 282 g/mol. The zero-order chi connectivity index (χ0) is 15.2. The minimum Gasteiger partial charge on any atom is -0.355 e. The molecule has 21 heavy (non-hydrogen) atoms. The summed E-state index contributed by atoms with van der Waals surface area (Å²) in [6.45, 7) is 5.21. The van der Waals surface area contributed by atoms with Crippen LogP contribution in [0, 0.1) is 0 Å². The monoisotopic (exact) mass is 309 g/mol. The predicted molar refractivity (Wildman–Crippen MR) is 91.1 cm³/mol. The fourth-order valence-corrected chi connectivity index (χ4v) is 3.31. The van der Waals surface area contributed by atoms with E-state index in [1.54, 1.807) is 11.3 Å². The third-order valence-corrected chi connectivity index (χ3v) is 4.78. The van der Waals surface area contributed by atoms with Crippen LogP contribution in [0.4, 0.5) is 0 Å². The maximum absolute atomic E-state index is 4.40. The highest BCUT2D eigenvalue weighted by atomic mass is 32.1. The van der Waals surface area contributed by atoms with E-state index in [4.69, 9.17) is 0 Å². The summed E-state index contributed by atoms with van der Waals surface area (Å²) >= 11 is 1.74. The maximum Gasteiger partial charge on any atom is 0.193 e. The van der Waals surface area contributed by atoms with Crippen LogP contribution >= 0.6 is 11.3 Å². The fraction of sp³-hybridized carbons (Fsp3) is 0.667. The van der Waals surface area contributed by atoms with Crippen LogP contribution in [0.1, 0.15) is 5.56 Å². The average molecular weight is 309 g/mol. The number of nitrogens with one attached hydrogen (secondary N) is 1. The molecule has 1 N–H and O–H groups in total. The number of nitrogens with zero attached hydrogens (tertiary/aromatic N) is 4. The van der Waals surface area contributed by atoms with Gasteiger partial charge in [0.1, 0.15) is 0 Å². The van der Waals surface area contributed by atoms with E-state index in [0.29, 0.717) is 6.04 Å². The lowest BCUT2D eigenvalue weighted by Crippen LogP contribution is -2.55. The van der Waals surface area contributed by atoms with E-state index in [0.717, 1.165) is 38.7 Å². The highest BCUT2D eigenvalue weighted by molar-refractivity contribution is 7.07. The second kappa shape index (κ2) is 7.77. The molecule has 1 atom stereocenters. The molecular formula is C15H27N5S. The summed E-state index contributed by atoms with van der Waals surface area (Å²) in [7, 11) is 8.33. The van der Waals surface area contributed by atoms with Gasteiger partial charge in [-0.15, -0.1) is 0 Å². The molecule has 0 aromatic carbocycles. The summed E-state index contributed by atoms with van der Waals surface area (Å²) in [5.74, 6) is 0.961. The number of hydrogen-bond donors (Lipinski definition) is 1. The summed E-state index contributed by atoms with van der Waals surface area (Å²) in [4.78, 5) is 11.4. The number of guanidine groups is 1. The minimum atomic E-state index is 0.537. The van der Waals surface area contributed by atoms with E-state index in [2.05, 4.69) is 63.0 Å². The number of rotatable bonds is 4. The van der Waals surface area contributed by atoms with Gasteiger partial charge in [-0.05, 0) is 36.5 Å². The Labute approximate surface area is 132 Å². The van der Waals surface area contributed by atoms with Crippen LogP contribution in [-0.2, 0) is 6.54 Å². The quantitative estimate of drug-likeness (QED) is 0.665. The summed E-state index contributed by atoms with van der Waals surface area (Å²) in [5, 5.41) is 7.82. The SMILES string of the molecule is CN=C(NCC1CN(C)CCN1C)N(C)Cc1ccsc1. The van der Waals surface area contributed by atoms with Crippen molar-refractivity contribution in [2.24, 2.45) is 4.99 Å². The van der Waals surface area contributed by atoms with Crippen LogP contribution in [0.15, 0.2) is 21.8 Å². The number of likely N-dealkylation sites (N-methyl/N-ethyl adjacent to an activating group) is 2. The Morgan fingerprint density at radius 3 is 2.95 bits per heavy atom. The van der Waals surface area contributed by atoms with Gasteiger partial charge in [0.05, 0.1) is 0 Å². The number of hydrogen-bond acceptors (Lipinski definition) is 4. The highest BCUT2D eigenvalue weighted by Gasteiger charge is 2.22. The summed E-state index contributed by atoms with van der Waals surface area (Å²) in [6.07, 6.45) is 0. The molecule has 118 valence electrons. The van der Waals surface area contributed by atoms with Crippen LogP contribution < -0.4 is 5.32 Å². The molecule has 2 rings (SSSR count). The van der Waals surface area contributed by atoms with Gasteiger partial charge in [0.15, 0.2) is 5.96 Å². The zero-order valence-electron chi connectivity index (χ0n) is 13.5. The predicted octanol–water partition coefficient (Wildman–Crippen LogP) is 1.00. The van der Waals surface area contributed by atoms with E-state index >= 15 is 0 Å². The molecule has 1 unspecified atom stereocenters. The first-order valence-corrected chi connectivity index (χ1v) is 8.36. The Hall–Kier alpha value is -1.11. The molecule has 1 aliphatic rings. The van der Waals surface area contributed by atoms with E-state index < -0.39 is 0 Å². The van der Waals surface area contributed by atoms with E-state index in [9.17, 15) is 0 Å². The highest BCUT2D eigenvalue weighted by Crippen LogP contribution is 2.09. The zero-order valence-corrected chi connectivity index (χ0v) is 14.4. The summed E-state index contributed by atoms with van der Waals surface area (Å²) < 4.78 is 0. The maximum atomic E-state index is 4.40. The number of thiophene rings is 1. The van der Waals surface area contributed by atoms with Crippen molar-refractivity contribution in [1.29, 1.82) is 0 Å². The van der Waals surface area contributed by atoms with Crippen molar-refractivity contribution < 1.29 is 0 Å². The van der Waals surface area contributed by atoms with Gasteiger partial charge in [0.2, 0.25) is 0 Å². The lowest BCUT2D eigenvalue weighted by atomic mass is 10.2. The average Bonchev–Trinajstić information content (AvgIpc) is 2.96. The molecule has 1 fully saturated rings. The van der Waals surface area contributed by atoms with Crippen molar-refractivity contribution in [3.8, 4) is 0 Å². The Bertz CT molecular complexity index is 445. The van der Waals surface area contributed by atoms with Gasteiger partial charge in [-0.2, -0.15) is 11.3 Å². The summed E-state index contributed by atoms with van der Waals surface area (Å²) in [5.41, 5.74) is 1.33. The lowest BCUT2D eigenvalue weighted by molar-refractivity contribution is 0.116. The van der Waals surface area contributed by atoms with Gasteiger partial charge in [-0.1, -0.05) is 0 Å². The molecule has 0 aliphatic carbocycles. The van der Waals surface area contributed by atoms with E-state index in [1.165, 1.54) is 5.56 Å². The lowest BCUT2D eigenvalue weighted by Gasteiger charge is -2.38. The van der Waals surface area contributed by atoms with Crippen molar-refractivity contribution in [2.75, 3.05) is 54.4 Å². The van der Waals surface area contributed by atoms with Crippen LogP contribution in [0.25, 0.3) is 0 Å². The van der Waals surface area contributed by atoms with Crippen molar-refractivity contribution >= 4 is 17.3 Å². The van der Waals surface area contributed by atoms with Crippen molar-refractivity contribution in [3.63, 3.8) is 0 Å². The topological polar surface area (TPSA) is 34.1 Å². The van der Waals surface area contributed by atoms with E-state index in [-0.39, 0.29) is 0 Å². The largest absolute Gasteiger partial charge is 0.355 e. The molecule has 6 heteroatoms. The van der Waals surface area contributed by atoms with Gasteiger partial charge in [0.25, 0.3) is 0 Å². The first-order chi connectivity index (χ1) is 10.1. The number of aliphatic imine (C=N–C) groups is 1. The normalized spacial score (nSPS) is 21.5. The first kappa shape index (κ1) is 16.3. The Balaban J connectivity index is 1.84. The Morgan fingerprint density at radius 1 is 1.48 bits per heavy atom. The fourth-order valence-electron chi connectivity index (χ4n) is 2.65. The molecule has 0 spiro atoms. The van der Waals surface area contributed by atoms with Crippen LogP contribution in [0.3, 0.4) is 0 Å². The Kier molecular flexibility index (Phi) is 6.02. The minimum absolute atomic E-state index is 0.537. The molecule has 2 heterocycles. The smallest absolute Gasteiger partial charge is 0.193 e. The van der Waals surface area contributed by atoms with Crippen LogP contribution in [-0.4, -0.2) is 81.1 Å². The third kappa shape index (κ3) is 4.69. The molecule has 0 bridgehead atoms. The molecule has 1 aromatic rings. The van der Waals surface area contributed by atoms with Crippen molar-refractivity contribution in [2.45, 2.75) is 12.6 Å². The molecule has 0 saturated carbocycles. The molecule has 1 saturated heterocycles. The van der Waals surface area contributed by atoms with Crippen molar-refractivity contribution in [3.05, 3.63) is 22.4 Å². The molecule has 0 amide bonds. The third-order valence-electron chi connectivity index (χ3n) is 4.05. The van der Waals surface area contributed by atoms with Gasteiger partial charge in [-0.25, -0.2) is 0 Å². The van der Waals surface area contributed by atoms with Gasteiger partial charge in [0, 0.05) is 52.9 Å². The van der Waals surface area contributed by atoms with Gasteiger partial charge < -0.3 is 15.1 Å².